The molecular weight excluding hydrogens is 200 g/mol. The van der Waals surface area contributed by atoms with E-state index in [1.54, 1.807) is 0 Å². The van der Waals surface area contributed by atoms with Crippen LogP contribution < -0.4 is 0 Å². The van der Waals surface area contributed by atoms with Crippen LogP contribution in [0.2, 0.25) is 0 Å². The summed E-state index contributed by atoms with van der Waals surface area (Å²) >= 11 is 0. The van der Waals surface area contributed by atoms with E-state index >= 15 is 0 Å². The van der Waals surface area contributed by atoms with Crippen molar-refractivity contribution in [3.63, 3.8) is 0 Å². The smallest absolute Gasteiger partial charge is 0.306 e. The van der Waals surface area contributed by atoms with E-state index in [0.29, 0.717) is 11.3 Å². The number of rotatable bonds is 3. The summed E-state index contributed by atoms with van der Waals surface area (Å²) < 4.78 is 0. The van der Waals surface area contributed by atoms with Gasteiger partial charge in [0.25, 0.3) is 0 Å². The Balaban J connectivity index is 1.91. The molecule has 1 N–H and O–H groups in total. The van der Waals surface area contributed by atoms with Crippen LogP contribution in [-0.4, -0.2) is 11.1 Å². The molecule has 0 heterocycles. The quantitative estimate of drug-likeness (QED) is 0.790. The number of hydrogen-bond donors (Lipinski definition) is 1. The molecule has 0 radical (unpaired) electrons. The van der Waals surface area contributed by atoms with E-state index in [4.69, 9.17) is 0 Å². The maximum atomic E-state index is 11.1. The van der Waals surface area contributed by atoms with E-state index in [2.05, 4.69) is 0 Å². The van der Waals surface area contributed by atoms with Crippen LogP contribution in [0.25, 0.3) is 0 Å². The predicted octanol–water partition coefficient (Wildman–Crippen LogP) is 3.85. The summed E-state index contributed by atoms with van der Waals surface area (Å²) in [6.07, 6.45) is 11.3. The van der Waals surface area contributed by atoms with Crippen molar-refractivity contribution in [2.45, 2.75) is 64.7 Å². The molecule has 0 bridgehead atoms. The molecule has 1 unspecified atom stereocenters. The van der Waals surface area contributed by atoms with Crippen LogP contribution in [0, 0.1) is 17.3 Å². The van der Waals surface area contributed by atoms with Gasteiger partial charge in [0.15, 0.2) is 0 Å². The zero-order valence-electron chi connectivity index (χ0n) is 10.4. The van der Waals surface area contributed by atoms with E-state index in [0.717, 1.165) is 19.3 Å². The number of carboxylic acids is 1. The zero-order chi connectivity index (χ0) is 11.6. The normalized spacial score (nSPS) is 27.1. The summed E-state index contributed by atoms with van der Waals surface area (Å²) in [5.41, 5.74) is 0.632. The Morgan fingerprint density at radius 3 is 2.25 bits per heavy atom. The van der Waals surface area contributed by atoms with Gasteiger partial charge in [0, 0.05) is 0 Å². The summed E-state index contributed by atoms with van der Waals surface area (Å²) in [5, 5.41) is 9.18. The van der Waals surface area contributed by atoms with Crippen molar-refractivity contribution in [3.05, 3.63) is 0 Å². The highest BCUT2D eigenvalue weighted by molar-refractivity contribution is 5.70. The minimum absolute atomic E-state index is 0.0845. The van der Waals surface area contributed by atoms with E-state index in [-0.39, 0.29) is 5.92 Å². The standard InChI is InChI=1S/C14H24O2/c1-2-12(13(15)16)11-5-9-14(10-6-11)7-3-4-8-14/h11-12H,2-10H2,1H3,(H,15,16). The molecule has 2 heteroatoms. The molecule has 0 amide bonds. The van der Waals surface area contributed by atoms with Crippen molar-refractivity contribution in [1.82, 2.24) is 0 Å². The average Bonchev–Trinajstić information content (AvgIpc) is 2.70. The Kier molecular flexibility index (Phi) is 3.56. The van der Waals surface area contributed by atoms with Gasteiger partial charge >= 0.3 is 5.97 Å². The van der Waals surface area contributed by atoms with Gasteiger partial charge in [-0.3, -0.25) is 4.79 Å². The molecule has 2 rings (SSSR count). The maximum absolute atomic E-state index is 11.1. The molecule has 2 aliphatic carbocycles. The molecule has 1 atom stereocenters. The van der Waals surface area contributed by atoms with Crippen molar-refractivity contribution < 1.29 is 9.90 Å². The van der Waals surface area contributed by atoms with Gasteiger partial charge < -0.3 is 5.11 Å². The first-order valence-corrected chi connectivity index (χ1v) is 6.90. The highest BCUT2D eigenvalue weighted by Crippen LogP contribution is 2.51. The molecule has 0 aliphatic heterocycles. The monoisotopic (exact) mass is 224 g/mol. The van der Waals surface area contributed by atoms with Gasteiger partial charge in [-0.05, 0) is 56.3 Å². The third-order valence-corrected chi connectivity index (χ3v) is 5.08. The lowest BCUT2D eigenvalue weighted by molar-refractivity contribution is -0.144. The van der Waals surface area contributed by atoms with Gasteiger partial charge in [0.05, 0.1) is 5.92 Å². The van der Waals surface area contributed by atoms with Crippen molar-refractivity contribution in [3.8, 4) is 0 Å². The first kappa shape index (κ1) is 11.9. The number of carboxylic acid groups (broad SMARTS) is 1. The van der Waals surface area contributed by atoms with Gasteiger partial charge in [0.2, 0.25) is 0 Å². The summed E-state index contributed by atoms with van der Waals surface area (Å²) in [4.78, 5) is 11.1. The highest BCUT2D eigenvalue weighted by atomic mass is 16.4. The third-order valence-electron chi connectivity index (χ3n) is 5.08. The molecule has 2 saturated carbocycles. The second-order valence-electron chi connectivity index (χ2n) is 5.90. The molecule has 0 aromatic rings. The molecule has 0 aromatic carbocycles. The Hall–Kier alpha value is -0.530. The van der Waals surface area contributed by atoms with Gasteiger partial charge in [0.1, 0.15) is 0 Å². The maximum Gasteiger partial charge on any atom is 0.306 e. The van der Waals surface area contributed by atoms with E-state index in [1.165, 1.54) is 38.5 Å². The van der Waals surface area contributed by atoms with Crippen LogP contribution in [0.3, 0.4) is 0 Å². The van der Waals surface area contributed by atoms with Crippen molar-refractivity contribution in [2.24, 2.45) is 17.3 Å². The van der Waals surface area contributed by atoms with Crippen LogP contribution >= 0.6 is 0 Å². The van der Waals surface area contributed by atoms with Gasteiger partial charge in [-0.2, -0.15) is 0 Å². The molecule has 0 aromatic heterocycles. The van der Waals surface area contributed by atoms with Crippen LogP contribution in [0.15, 0.2) is 0 Å². The third kappa shape index (κ3) is 2.26. The van der Waals surface area contributed by atoms with Crippen molar-refractivity contribution in [2.75, 3.05) is 0 Å². The molecule has 1 spiro atoms. The van der Waals surface area contributed by atoms with E-state index in [9.17, 15) is 9.90 Å². The van der Waals surface area contributed by atoms with Crippen LogP contribution in [-0.2, 0) is 4.79 Å². The minimum Gasteiger partial charge on any atom is -0.481 e. The number of carbonyl (C=O) groups is 1. The average molecular weight is 224 g/mol. The van der Waals surface area contributed by atoms with Gasteiger partial charge in [-0.25, -0.2) is 0 Å². The van der Waals surface area contributed by atoms with E-state index < -0.39 is 5.97 Å². The first-order chi connectivity index (χ1) is 7.67. The Morgan fingerprint density at radius 1 is 1.25 bits per heavy atom. The molecule has 2 fully saturated rings. The Morgan fingerprint density at radius 2 is 1.81 bits per heavy atom. The summed E-state index contributed by atoms with van der Waals surface area (Å²) in [5.74, 6) is -0.206. The Labute approximate surface area is 98.4 Å². The van der Waals surface area contributed by atoms with E-state index in [1.807, 2.05) is 6.92 Å². The fraction of sp³-hybridized carbons (Fsp3) is 0.929. The van der Waals surface area contributed by atoms with Crippen LogP contribution in [0.4, 0.5) is 0 Å². The molecule has 92 valence electrons. The lowest BCUT2D eigenvalue weighted by Crippen LogP contribution is -2.31. The zero-order valence-corrected chi connectivity index (χ0v) is 10.4. The fourth-order valence-electron chi connectivity index (χ4n) is 3.99. The molecule has 2 aliphatic rings. The van der Waals surface area contributed by atoms with Crippen molar-refractivity contribution in [1.29, 1.82) is 0 Å². The first-order valence-electron chi connectivity index (χ1n) is 6.90. The van der Waals surface area contributed by atoms with Crippen LogP contribution in [0.5, 0.6) is 0 Å². The topological polar surface area (TPSA) is 37.3 Å². The molecular formula is C14H24O2. The lowest BCUT2D eigenvalue weighted by atomic mass is 9.66. The van der Waals surface area contributed by atoms with Gasteiger partial charge in [-0.15, -0.1) is 0 Å². The lowest BCUT2D eigenvalue weighted by Gasteiger charge is -2.39. The second kappa shape index (κ2) is 4.77. The largest absolute Gasteiger partial charge is 0.481 e. The summed E-state index contributed by atoms with van der Waals surface area (Å²) in [6.45, 7) is 2.01. The highest BCUT2D eigenvalue weighted by Gasteiger charge is 2.40. The second-order valence-corrected chi connectivity index (χ2v) is 5.90. The molecule has 2 nitrogen and oxygen atoms in total. The SMILES string of the molecule is CCC(C(=O)O)C1CCC2(CCCC2)CC1. The Bertz CT molecular complexity index is 243. The minimum atomic E-state index is -0.574. The molecule has 16 heavy (non-hydrogen) atoms. The molecule has 0 saturated heterocycles. The predicted molar refractivity (Wildman–Crippen MR) is 64.3 cm³/mol. The summed E-state index contributed by atoms with van der Waals surface area (Å²) in [7, 11) is 0. The number of aliphatic carboxylic acids is 1. The number of hydrogen-bond acceptors (Lipinski definition) is 1. The fourth-order valence-corrected chi connectivity index (χ4v) is 3.99. The van der Waals surface area contributed by atoms with Crippen molar-refractivity contribution >= 4 is 5.97 Å². The van der Waals surface area contributed by atoms with Crippen LogP contribution in [0.1, 0.15) is 64.7 Å². The van der Waals surface area contributed by atoms with Gasteiger partial charge in [-0.1, -0.05) is 19.8 Å². The summed E-state index contributed by atoms with van der Waals surface area (Å²) in [6, 6.07) is 0.